The monoisotopic (exact) mass is 250 g/mol. The maximum atomic E-state index is 11.9. The molecular weight excluding hydrogens is 232 g/mol. The van der Waals surface area contributed by atoms with Crippen LogP contribution in [0.1, 0.15) is 27.7 Å². The van der Waals surface area contributed by atoms with Crippen molar-refractivity contribution in [1.29, 1.82) is 0 Å². The van der Waals surface area contributed by atoms with Crippen LogP contribution >= 0.6 is 0 Å². The number of allylic oxidation sites excluding steroid dienone is 2. The summed E-state index contributed by atoms with van der Waals surface area (Å²) in [6.07, 6.45) is 4.28. The summed E-state index contributed by atoms with van der Waals surface area (Å²) in [7, 11) is 0. The fourth-order valence-corrected chi connectivity index (χ4v) is 1.87. The molecule has 0 aromatic rings. The summed E-state index contributed by atoms with van der Waals surface area (Å²) in [6.45, 7) is 7.51. The van der Waals surface area contributed by atoms with E-state index in [2.05, 4.69) is 20.8 Å². The number of epoxide rings is 1. The lowest BCUT2D eigenvalue weighted by Crippen LogP contribution is -2.30. The molecule has 18 heavy (non-hydrogen) atoms. The van der Waals surface area contributed by atoms with E-state index in [0.29, 0.717) is 5.57 Å². The van der Waals surface area contributed by atoms with Gasteiger partial charge in [-0.3, -0.25) is 9.59 Å². The molecule has 0 saturated carbocycles. The van der Waals surface area contributed by atoms with Gasteiger partial charge in [-0.2, -0.15) is 0 Å². The summed E-state index contributed by atoms with van der Waals surface area (Å²) in [4.78, 5) is 22.9. The summed E-state index contributed by atoms with van der Waals surface area (Å²) in [5.74, 6) is -0.386. The number of ketones is 1. The molecule has 3 atom stereocenters. The molecule has 0 unspecified atom stereocenters. The molecule has 98 valence electrons. The molecular formula is C14H18O4. The number of ether oxygens (including phenoxy) is 2. The van der Waals surface area contributed by atoms with E-state index in [0.717, 1.165) is 0 Å². The molecule has 0 amide bonds. The minimum Gasteiger partial charge on any atom is -0.455 e. The normalized spacial score (nSPS) is 31.0. The van der Waals surface area contributed by atoms with Crippen LogP contribution in [0, 0.1) is 5.41 Å². The number of hydrogen-bond donors (Lipinski definition) is 0. The first-order valence-corrected chi connectivity index (χ1v) is 6.06. The maximum absolute atomic E-state index is 11.9. The fourth-order valence-electron chi connectivity index (χ4n) is 1.87. The first-order chi connectivity index (χ1) is 8.28. The van der Waals surface area contributed by atoms with Gasteiger partial charge in [0.15, 0.2) is 18.0 Å². The molecule has 2 aliphatic rings. The molecule has 1 aliphatic heterocycles. The van der Waals surface area contributed by atoms with Crippen molar-refractivity contribution in [1.82, 2.24) is 0 Å². The van der Waals surface area contributed by atoms with Gasteiger partial charge in [0.05, 0.1) is 0 Å². The zero-order valence-corrected chi connectivity index (χ0v) is 11.1. The van der Waals surface area contributed by atoms with E-state index in [1.165, 1.54) is 6.92 Å². The van der Waals surface area contributed by atoms with Crippen molar-refractivity contribution in [3.8, 4) is 0 Å². The number of rotatable bonds is 2. The van der Waals surface area contributed by atoms with Crippen molar-refractivity contribution in [3.63, 3.8) is 0 Å². The quantitative estimate of drug-likeness (QED) is 0.554. The summed E-state index contributed by atoms with van der Waals surface area (Å²) < 4.78 is 10.4. The van der Waals surface area contributed by atoms with E-state index in [1.54, 1.807) is 12.2 Å². The van der Waals surface area contributed by atoms with Crippen LogP contribution in [0.2, 0.25) is 0 Å². The zero-order chi connectivity index (χ0) is 13.5. The van der Waals surface area contributed by atoms with Crippen LogP contribution in [0.4, 0.5) is 0 Å². The smallest absolute Gasteiger partial charge is 0.303 e. The molecule has 0 aromatic heterocycles. The van der Waals surface area contributed by atoms with Crippen LogP contribution in [0.3, 0.4) is 0 Å². The second-order valence-corrected chi connectivity index (χ2v) is 5.78. The highest BCUT2D eigenvalue weighted by Gasteiger charge is 2.54. The van der Waals surface area contributed by atoms with Crippen LogP contribution < -0.4 is 0 Å². The highest BCUT2D eigenvalue weighted by atomic mass is 16.6. The van der Waals surface area contributed by atoms with Gasteiger partial charge in [-0.25, -0.2) is 0 Å². The van der Waals surface area contributed by atoms with Crippen LogP contribution in [0.25, 0.3) is 0 Å². The third-order valence-corrected chi connectivity index (χ3v) is 2.80. The molecule has 0 aromatic carbocycles. The van der Waals surface area contributed by atoms with Crippen LogP contribution in [-0.4, -0.2) is 30.1 Å². The predicted octanol–water partition coefficient (Wildman–Crippen LogP) is 1.80. The Morgan fingerprint density at radius 1 is 1.44 bits per heavy atom. The van der Waals surface area contributed by atoms with E-state index in [1.807, 2.05) is 6.08 Å². The Hall–Kier alpha value is -1.42. The molecule has 2 rings (SSSR count). The van der Waals surface area contributed by atoms with E-state index in [-0.39, 0.29) is 23.3 Å². The largest absolute Gasteiger partial charge is 0.455 e. The third kappa shape index (κ3) is 2.88. The Bertz CT molecular complexity index is 439. The molecule has 4 nitrogen and oxygen atoms in total. The third-order valence-electron chi connectivity index (χ3n) is 2.80. The van der Waals surface area contributed by atoms with Crippen molar-refractivity contribution >= 4 is 11.8 Å². The Balaban J connectivity index is 2.17. The topological polar surface area (TPSA) is 55.9 Å². The molecule has 0 N–H and O–H groups in total. The Morgan fingerprint density at radius 3 is 2.67 bits per heavy atom. The van der Waals surface area contributed by atoms with Gasteiger partial charge in [-0.1, -0.05) is 32.9 Å². The van der Waals surface area contributed by atoms with E-state index in [4.69, 9.17) is 9.47 Å². The van der Waals surface area contributed by atoms with E-state index >= 15 is 0 Å². The zero-order valence-electron chi connectivity index (χ0n) is 11.1. The average Bonchev–Trinajstić information content (AvgIpc) is 2.98. The number of carbonyl (C=O) groups is 2. The second-order valence-electron chi connectivity index (χ2n) is 5.78. The van der Waals surface area contributed by atoms with Gasteiger partial charge < -0.3 is 9.47 Å². The number of Topliss-reactive ketones (excluding diaryl/α,β-unsaturated/α-hetero) is 1. The van der Waals surface area contributed by atoms with Crippen molar-refractivity contribution in [2.24, 2.45) is 5.41 Å². The number of carbonyl (C=O) groups excluding carboxylic acids is 2. The van der Waals surface area contributed by atoms with E-state index < -0.39 is 12.2 Å². The standard InChI is InChI=1S/C14H18O4/c1-8(15)17-10-7-9(5-6-14(2,3)4)11(16)13-12(10)18-13/h5-7,10,12-13H,1-4H3/b6-5+/t10-,12+,13-/m1/s1. The summed E-state index contributed by atoms with van der Waals surface area (Å²) >= 11 is 0. The van der Waals surface area contributed by atoms with E-state index in [9.17, 15) is 9.59 Å². The van der Waals surface area contributed by atoms with Crippen molar-refractivity contribution in [3.05, 3.63) is 23.8 Å². The van der Waals surface area contributed by atoms with Gasteiger partial charge in [0, 0.05) is 12.5 Å². The van der Waals surface area contributed by atoms with Gasteiger partial charge in [0.1, 0.15) is 6.10 Å². The first-order valence-electron chi connectivity index (χ1n) is 6.06. The van der Waals surface area contributed by atoms with Crippen molar-refractivity contribution in [2.45, 2.75) is 46.0 Å². The molecule has 0 radical (unpaired) electrons. The lowest BCUT2D eigenvalue weighted by molar-refractivity contribution is -0.145. The van der Waals surface area contributed by atoms with Gasteiger partial charge >= 0.3 is 5.97 Å². The first kappa shape index (κ1) is 13.0. The van der Waals surface area contributed by atoms with Gasteiger partial charge in [-0.15, -0.1) is 0 Å². The van der Waals surface area contributed by atoms with Crippen molar-refractivity contribution in [2.75, 3.05) is 0 Å². The maximum Gasteiger partial charge on any atom is 0.303 e. The number of hydrogen-bond acceptors (Lipinski definition) is 4. The highest BCUT2D eigenvalue weighted by molar-refractivity contribution is 6.04. The summed E-state index contributed by atoms with van der Waals surface area (Å²) in [5, 5.41) is 0. The lowest BCUT2D eigenvalue weighted by Gasteiger charge is -2.16. The molecule has 0 bridgehead atoms. The highest BCUT2D eigenvalue weighted by Crippen LogP contribution is 2.36. The SMILES string of the molecule is CC(=O)O[C@@H]1C=C(/C=C/C(C)(C)C)C(=O)[C@H]2O[C@H]21. The van der Waals surface area contributed by atoms with Gasteiger partial charge in [0.25, 0.3) is 0 Å². The predicted molar refractivity (Wildman–Crippen MR) is 65.9 cm³/mol. The molecule has 1 aliphatic carbocycles. The summed E-state index contributed by atoms with van der Waals surface area (Å²) in [5.41, 5.74) is 0.564. The Labute approximate surface area is 107 Å². The molecule has 1 saturated heterocycles. The van der Waals surface area contributed by atoms with Gasteiger partial charge in [-0.05, 0) is 11.5 Å². The lowest BCUT2D eigenvalue weighted by atomic mass is 9.91. The number of fused-ring (bicyclic) bond motifs is 1. The van der Waals surface area contributed by atoms with Crippen LogP contribution in [0.15, 0.2) is 23.8 Å². The minimum atomic E-state index is -0.440. The molecule has 4 heteroatoms. The van der Waals surface area contributed by atoms with Crippen molar-refractivity contribution < 1.29 is 19.1 Å². The average molecular weight is 250 g/mol. The Kier molecular flexibility index (Phi) is 3.15. The molecule has 1 fully saturated rings. The summed E-state index contributed by atoms with van der Waals surface area (Å²) in [6, 6.07) is 0. The molecule has 1 heterocycles. The van der Waals surface area contributed by atoms with Crippen LogP contribution in [0.5, 0.6) is 0 Å². The molecule has 0 spiro atoms. The van der Waals surface area contributed by atoms with Crippen LogP contribution in [-0.2, 0) is 19.1 Å². The fraction of sp³-hybridized carbons (Fsp3) is 0.571. The minimum absolute atomic E-state index is 0.000688. The number of esters is 1. The Morgan fingerprint density at radius 2 is 2.11 bits per heavy atom. The van der Waals surface area contributed by atoms with Gasteiger partial charge in [0.2, 0.25) is 0 Å². The second kappa shape index (κ2) is 4.35.